The number of ether oxygens (including phenoxy) is 1. The number of benzene rings is 1. The van der Waals surface area contributed by atoms with Crippen LogP contribution in [0.3, 0.4) is 0 Å². The van der Waals surface area contributed by atoms with E-state index in [0.29, 0.717) is 18.9 Å². The zero-order chi connectivity index (χ0) is 21.6. The molecule has 1 aromatic heterocycles. The van der Waals surface area contributed by atoms with E-state index in [9.17, 15) is 13.2 Å². The fraction of sp³-hybridized carbons (Fsp3) is 0.450. The lowest BCUT2D eigenvalue weighted by Gasteiger charge is -2.29. The van der Waals surface area contributed by atoms with Crippen LogP contribution in [-0.2, 0) is 26.1 Å². The van der Waals surface area contributed by atoms with Crippen molar-refractivity contribution in [3.63, 3.8) is 0 Å². The van der Waals surface area contributed by atoms with E-state index in [1.165, 1.54) is 16.4 Å². The number of aryl methyl sites for hydroxylation is 1. The molecule has 0 aliphatic carbocycles. The van der Waals surface area contributed by atoms with Crippen molar-refractivity contribution in [1.29, 1.82) is 0 Å². The third-order valence-electron chi connectivity index (χ3n) is 4.35. The average molecular weight is 487 g/mol. The summed E-state index contributed by atoms with van der Waals surface area (Å²) >= 11 is 3.30. The second-order valence-electron chi connectivity index (χ2n) is 6.92. The van der Waals surface area contributed by atoms with Gasteiger partial charge in [0.25, 0.3) is 0 Å². The van der Waals surface area contributed by atoms with Gasteiger partial charge in [0.1, 0.15) is 11.5 Å². The molecular formula is C20H27BrN2O5S. The highest BCUT2D eigenvalue weighted by Gasteiger charge is 2.30. The van der Waals surface area contributed by atoms with Crippen molar-refractivity contribution in [3.8, 4) is 0 Å². The lowest BCUT2D eigenvalue weighted by atomic mass is 10.3. The Morgan fingerprint density at radius 1 is 1.17 bits per heavy atom. The molecule has 0 atom stereocenters. The lowest BCUT2D eigenvalue weighted by molar-refractivity contribution is -0.133. The van der Waals surface area contributed by atoms with E-state index in [-0.39, 0.29) is 29.9 Å². The van der Waals surface area contributed by atoms with Crippen LogP contribution in [0.25, 0.3) is 0 Å². The summed E-state index contributed by atoms with van der Waals surface area (Å²) in [5.74, 6) is 1.07. The monoisotopic (exact) mass is 486 g/mol. The van der Waals surface area contributed by atoms with Crippen LogP contribution in [0.4, 0.5) is 0 Å². The minimum atomic E-state index is -3.82. The van der Waals surface area contributed by atoms with Gasteiger partial charge in [-0.25, -0.2) is 8.42 Å². The second kappa shape index (κ2) is 10.4. The molecule has 0 saturated carbocycles. The van der Waals surface area contributed by atoms with Gasteiger partial charge >= 0.3 is 0 Å². The fourth-order valence-electron chi connectivity index (χ4n) is 2.77. The second-order valence-corrected chi connectivity index (χ2v) is 9.72. The van der Waals surface area contributed by atoms with Crippen LogP contribution in [-0.4, -0.2) is 56.4 Å². The molecule has 1 heterocycles. The highest BCUT2D eigenvalue weighted by Crippen LogP contribution is 2.21. The van der Waals surface area contributed by atoms with Crippen molar-refractivity contribution in [2.75, 3.05) is 26.8 Å². The SMILES string of the molecule is COCCN(Cc1ccc(C)o1)C(=O)CN(C(C)C)S(=O)(=O)c1ccc(Br)cc1. The van der Waals surface area contributed by atoms with Crippen molar-refractivity contribution >= 4 is 31.9 Å². The first kappa shape index (κ1) is 23.6. The maximum Gasteiger partial charge on any atom is 0.243 e. The molecule has 2 aromatic rings. The van der Waals surface area contributed by atoms with Gasteiger partial charge in [0, 0.05) is 24.2 Å². The van der Waals surface area contributed by atoms with E-state index >= 15 is 0 Å². The van der Waals surface area contributed by atoms with E-state index in [2.05, 4.69) is 15.9 Å². The first-order valence-corrected chi connectivity index (χ1v) is 11.5. The molecule has 0 saturated heterocycles. The van der Waals surface area contributed by atoms with Crippen molar-refractivity contribution in [1.82, 2.24) is 9.21 Å². The van der Waals surface area contributed by atoms with E-state index in [1.807, 2.05) is 13.0 Å². The van der Waals surface area contributed by atoms with E-state index < -0.39 is 10.0 Å². The number of hydrogen-bond donors (Lipinski definition) is 0. The number of sulfonamides is 1. The highest BCUT2D eigenvalue weighted by atomic mass is 79.9. The topological polar surface area (TPSA) is 80.1 Å². The first-order valence-electron chi connectivity index (χ1n) is 9.24. The number of rotatable bonds is 10. The number of carbonyl (C=O) groups is 1. The minimum absolute atomic E-state index is 0.146. The standard InChI is InChI=1S/C20H27BrN2O5S/c1-15(2)23(29(25,26)19-9-6-17(21)7-10-19)14-20(24)22(11-12-27-4)13-18-8-5-16(3)28-18/h5-10,15H,11-14H2,1-4H3. The van der Waals surface area contributed by atoms with Crippen LogP contribution in [0.15, 0.2) is 50.2 Å². The third kappa shape index (κ3) is 6.40. The van der Waals surface area contributed by atoms with Crippen molar-refractivity contribution in [2.24, 2.45) is 0 Å². The van der Waals surface area contributed by atoms with E-state index in [0.717, 1.165) is 10.2 Å². The average Bonchev–Trinajstić information content (AvgIpc) is 3.07. The molecule has 1 aromatic carbocycles. The van der Waals surface area contributed by atoms with Crippen LogP contribution in [0, 0.1) is 6.92 Å². The van der Waals surface area contributed by atoms with Gasteiger partial charge < -0.3 is 14.1 Å². The molecular weight excluding hydrogens is 460 g/mol. The minimum Gasteiger partial charge on any atom is -0.464 e. The Bertz CT molecular complexity index is 909. The van der Waals surface area contributed by atoms with Crippen LogP contribution in [0.5, 0.6) is 0 Å². The third-order valence-corrected chi connectivity index (χ3v) is 6.91. The largest absolute Gasteiger partial charge is 0.464 e. The van der Waals surface area contributed by atoms with Gasteiger partial charge in [0.2, 0.25) is 15.9 Å². The van der Waals surface area contributed by atoms with Gasteiger partial charge in [0.15, 0.2) is 0 Å². The number of carbonyl (C=O) groups excluding carboxylic acids is 1. The zero-order valence-corrected chi connectivity index (χ0v) is 19.5. The summed E-state index contributed by atoms with van der Waals surface area (Å²) in [6.45, 7) is 5.99. The molecule has 0 spiro atoms. The predicted molar refractivity (Wildman–Crippen MR) is 114 cm³/mol. The Kier molecular flexibility index (Phi) is 8.45. The van der Waals surface area contributed by atoms with Crippen LogP contribution in [0.2, 0.25) is 0 Å². The number of methoxy groups -OCH3 is 1. The molecule has 0 N–H and O–H groups in total. The summed E-state index contributed by atoms with van der Waals surface area (Å²) < 4.78 is 38.9. The van der Waals surface area contributed by atoms with Gasteiger partial charge in [-0.2, -0.15) is 4.31 Å². The molecule has 0 bridgehead atoms. The smallest absolute Gasteiger partial charge is 0.243 e. The Hall–Kier alpha value is -1.68. The van der Waals surface area contributed by atoms with Crippen molar-refractivity contribution in [2.45, 2.75) is 38.3 Å². The molecule has 0 aliphatic rings. The molecule has 0 radical (unpaired) electrons. The fourth-order valence-corrected chi connectivity index (χ4v) is 4.62. The molecule has 9 heteroatoms. The number of halogens is 1. The molecule has 0 unspecified atom stereocenters. The summed E-state index contributed by atoms with van der Waals surface area (Å²) in [6.07, 6.45) is 0. The number of furan rings is 1. The van der Waals surface area contributed by atoms with E-state index in [4.69, 9.17) is 9.15 Å². The Morgan fingerprint density at radius 3 is 2.34 bits per heavy atom. The maximum absolute atomic E-state index is 13.1. The van der Waals surface area contributed by atoms with Gasteiger partial charge in [-0.3, -0.25) is 4.79 Å². The normalized spacial score (nSPS) is 12.0. The molecule has 7 nitrogen and oxygen atoms in total. The maximum atomic E-state index is 13.1. The molecule has 160 valence electrons. The van der Waals surface area contributed by atoms with Crippen molar-refractivity contribution < 1.29 is 22.4 Å². The van der Waals surface area contributed by atoms with Crippen LogP contribution < -0.4 is 0 Å². The van der Waals surface area contributed by atoms with Crippen LogP contribution >= 0.6 is 15.9 Å². The Morgan fingerprint density at radius 2 is 1.83 bits per heavy atom. The summed E-state index contributed by atoms with van der Waals surface area (Å²) in [6, 6.07) is 9.62. The highest BCUT2D eigenvalue weighted by molar-refractivity contribution is 9.10. The predicted octanol–water partition coefficient (Wildman–Crippen LogP) is 3.42. The summed E-state index contributed by atoms with van der Waals surface area (Å²) in [7, 11) is -2.27. The molecule has 29 heavy (non-hydrogen) atoms. The molecule has 2 rings (SSSR count). The Labute approximate surface area is 180 Å². The number of nitrogens with zero attached hydrogens (tertiary/aromatic N) is 2. The Balaban J connectivity index is 2.23. The summed E-state index contributed by atoms with van der Waals surface area (Å²) in [4.78, 5) is 14.7. The lowest BCUT2D eigenvalue weighted by Crippen LogP contribution is -2.46. The molecule has 0 fully saturated rings. The quantitative estimate of drug-likeness (QED) is 0.513. The first-order chi connectivity index (χ1) is 13.6. The summed E-state index contributed by atoms with van der Waals surface area (Å²) in [5, 5.41) is 0. The van der Waals surface area contributed by atoms with Gasteiger partial charge in [-0.05, 0) is 57.2 Å². The van der Waals surface area contributed by atoms with Gasteiger partial charge in [-0.15, -0.1) is 0 Å². The zero-order valence-electron chi connectivity index (χ0n) is 17.1. The van der Waals surface area contributed by atoms with Gasteiger partial charge in [-0.1, -0.05) is 15.9 Å². The molecule has 1 amide bonds. The molecule has 0 aliphatic heterocycles. The van der Waals surface area contributed by atoms with Gasteiger partial charge in [0.05, 0.1) is 24.6 Å². The number of hydrogen-bond acceptors (Lipinski definition) is 5. The van der Waals surface area contributed by atoms with Crippen molar-refractivity contribution in [3.05, 3.63) is 52.4 Å². The summed E-state index contributed by atoms with van der Waals surface area (Å²) in [5.41, 5.74) is 0. The number of amides is 1. The van der Waals surface area contributed by atoms with E-state index in [1.54, 1.807) is 44.1 Å². The van der Waals surface area contributed by atoms with Crippen LogP contribution in [0.1, 0.15) is 25.4 Å².